The molecule has 9 heavy (non-hydrogen) atoms. The van der Waals surface area contributed by atoms with Gasteiger partial charge in [-0.25, -0.2) is 8.78 Å². The zero-order chi connectivity index (χ0) is 6.85. The Bertz CT molecular complexity index is 222. The Labute approximate surface area is 51.1 Å². The average Bonchev–Trinajstić information content (AvgIpc) is 1.80. The van der Waals surface area contributed by atoms with Gasteiger partial charge in [0, 0.05) is 6.07 Å². The molecule has 0 amide bonds. The van der Waals surface area contributed by atoms with Crippen LogP contribution in [-0.4, -0.2) is 0 Å². The Kier molecular flexibility index (Phi) is 1.34. The van der Waals surface area contributed by atoms with Crippen molar-refractivity contribution in [1.82, 2.24) is 5.73 Å². The van der Waals surface area contributed by atoms with Gasteiger partial charge in [-0.2, -0.15) is 0 Å². The van der Waals surface area contributed by atoms with Crippen LogP contribution in [0.1, 0.15) is 0 Å². The molecule has 0 spiro atoms. The van der Waals surface area contributed by atoms with E-state index in [9.17, 15) is 8.78 Å². The molecule has 3 heteroatoms. The monoisotopic (exact) mass is 128 g/mol. The second-order valence-corrected chi connectivity index (χ2v) is 1.63. The standard InChI is InChI=1S/C6H4F2N/c7-5-2-1-4(9)3-6(5)8/h1-3,9H. The van der Waals surface area contributed by atoms with E-state index in [-0.39, 0.29) is 5.69 Å². The highest BCUT2D eigenvalue weighted by Crippen LogP contribution is 2.09. The van der Waals surface area contributed by atoms with Crippen molar-refractivity contribution in [2.45, 2.75) is 0 Å². The van der Waals surface area contributed by atoms with Crippen molar-refractivity contribution in [2.24, 2.45) is 0 Å². The minimum absolute atomic E-state index is 0.0195. The van der Waals surface area contributed by atoms with Gasteiger partial charge < -0.3 is 5.73 Å². The molecule has 1 rings (SSSR count). The van der Waals surface area contributed by atoms with Gasteiger partial charge in [-0.3, -0.25) is 0 Å². The van der Waals surface area contributed by atoms with Crippen molar-refractivity contribution in [3.05, 3.63) is 29.8 Å². The predicted molar refractivity (Wildman–Crippen MR) is 29.1 cm³/mol. The van der Waals surface area contributed by atoms with Crippen LogP contribution in [0.15, 0.2) is 18.2 Å². The molecule has 1 aromatic rings. The quantitative estimate of drug-likeness (QED) is 0.509. The van der Waals surface area contributed by atoms with Crippen molar-refractivity contribution >= 4 is 5.69 Å². The van der Waals surface area contributed by atoms with Gasteiger partial charge in [-0.15, -0.1) is 0 Å². The molecule has 0 saturated heterocycles. The van der Waals surface area contributed by atoms with Gasteiger partial charge in [-0.05, 0) is 12.1 Å². The Balaban J connectivity index is 3.17. The molecule has 0 aliphatic heterocycles. The van der Waals surface area contributed by atoms with Gasteiger partial charge in [-0.1, -0.05) is 0 Å². The summed E-state index contributed by atoms with van der Waals surface area (Å²) in [6.07, 6.45) is 0. The van der Waals surface area contributed by atoms with E-state index in [1.807, 2.05) is 0 Å². The molecule has 0 heterocycles. The third kappa shape index (κ3) is 1.16. The third-order valence-corrected chi connectivity index (χ3v) is 0.920. The van der Waals surface area contributed by atoms with Crippen LogP contribution in [0, 0.1) is 11.6 Å². The molecule has 0 saturated carbocycles. The second-order valence-electron chi connectivity index (χ2n) is 1.63. The smallest absolute Gasteiger partial charge is 0.160 e. The maximum absolute atomic E-state index is 12.1. The topological polar surface area (TPSA) is 23.8 Å². The summed E-state index contributed by atoms with van der Waals surface area (Å²) in [5, 5.41) is 0. The van der Waals surface area contributed by atoms with Crippen molar-refractivity contribution in [3.63, 3.8) is 0 Å². The average molecular weight is 128 g/mol. The Morgan fingerprint density at radius 1 is 1.11 bits per heavy atom. The summed E-state index contributed by atoms with van der Waals surface area (Å²) in [5.74, 6) is -1.88. The molecule has 0 unspecified atom stereocenters. The Morgan fingerprint density at radius 2 is 1.78 bits per heavy atom. The molecule has 0 fully saturated rings. The van der Waals surface area contributed by atoms with Crippen LogP contribution in [0.2, 0.25) is 0 Å². The summed E-state index contributed by atoms with van der Waals surface area (Å²) in [4.78, 5) is 0. The number of hydrogen-bond donors (Lipinski definition) is 0. The molecule has 0 bridgehead atoms. The van der Waals surface area contributed by atoms with Gasteiger partial charge in [0.05, 0.1) is 5.69 Å². The van der Waals surface area contributed by atoms with Crippen LogP contribution in [0.4, 0.5) is 14.5 Å². The lowest BCUT2D eigenvalue weighted by molar-refractivity contribution is 0.509. The largest absolute Gasteiger partial charge is 0.301 e. The van der Waals surface area contributed by atoms with Crippen LogP contribution >= 0.6 is 0 Å². The lowest BCUT2D eigenvalue weighted by atomic mass is 10.3. The fourth-order valence-corrected chi connectivity index (χ4v) is 0.496. The molecule has 0 aliphatic rings. The van der Waals surface area contributed by atoms with E-state index in [1.165, 1.54) is 6.07 Å². The number of hydrogen-bond acceptors (Lipinski definition) is 0. The second kappa shape index (κ2) is 2.01. The van der Waals surface area contributed by atoms with E-state index in [2.05, 4.69) is 0 Å². The number of halogens is 2. The first-order valence-corrected chi connectivity index (χ1v) is 2.37. The number of benzene rings is 1. The number of rotatable bonds is 0. The molecular formula is C6H4F2N. The SMILES string of the molecule is [NH]c1ccc(F)c(F)c1. The fourth-order valence-electron chi connectivity index (χ4n) is 0.496. The highest BCUT2D eigenvalue weighted by molar-refractivity contribution is 5.33. The zero-order valence-corrected chi connectivity index (χ0v) is 4.49. The maximum atomic E-state index is 12.1. The summed E-state index contributed by atoms with van der Waals surface area (Å²) in [7, 11) is 0. The normalized spacial score (nSPS) is 9.56. The molecule has 1 aromatic carbocycles. The lowest BCUT2D eigenvalue weighted by Crippen LogP contribution is -1.81. The summed E-state index contributed by atoms with van der Waals surface area (Å²) >= 11 is 0. The van der Waals surface area contributed by atoms with Crippen molar-refractivity contribution < 1.29 is 8.78 Å². The predicted octanol–water partition coefficient (Wildman–Crippen LogP) is 1.88. The molecular weight excluding hydrogens is 124 g/mol. The van der Waals surface area contributed by atoms with Gasteiger partial charge in [0.25, 0.3) is 0 Å². The minimum Gasteiger partial charge on any atom is -0.301 e. The highest BCUT2D eigenvalue weighted by Gasteiger charge is 1.98. The summed E-state index contributed by atoms with van der Waals surface area (Å²) in [5.41, 5.74) is 6.81. The van der Waals surface area contributed by atoms with Crippen molar-refractivity contribution in [1.29, 1.82) is 0 Å². The summed E-state index contributed by atoms with van der Waals surface area (Å²) in [6.45, 7) is 0. The molecule has 0 atom stereocenters. The van der Waals surface area contributed by atoms with E-state index >= 15 is 0 Å². The lowest BCUT2D eigenvalue weighted by Gasteiger charge is -1.90. The Hall–Kier alpha value is -1.12. The van der Waals surface area contributed by atoms with Crippen LogP contribution in [0.3, 0.4) is 0 Å². The molecule has 0 aromatic heterocycles. The minimum atomic E-state index is -0.970. The first-order chi connectivity index (χ1) is 4.20. The van der Waals surface area contributed by atoms with Crippen LogP contribution < -0.4 is 5.73 Å². The van der Waals surface area contributed by atoms with Gasteiger partial charge in [0.2, 0.25) is 0 Å². The van der Waals surface area contributed by atoms with Crippen molar-refractivity contribution in [2.75, 3.05) is 0 Å². The van der Waals surface area contributed by atoms with Crippen LogP contribution in [-0.2, 0) is 0 Å². The molecule has 1 radical (unpaired) electrons. The fraction of sp³-hybridized carbons (Fsp3) is 0. The number of nitrogens with one attached hydrogen (secondary N) is 1. The van der Waals surface area contributed by atoms with Gasteiger partial charge in [0.1, 0.15) is 0 Å². The third-order valence-electron chi connectivity index (χ3n) is 0.920. The molecule has 1 nitrogen and oxygen atoms in total. The Morgan fingerprint density at radius 3 is 2.22 bits per heavy atom. The molecule has 0 aliphatic carbocycles. The van der Waals surface area contributed by atoms with E-state index in [0.717, 1.165) is 12.1 Å². The van der Waals surface area contributed by atoms with E-state index in [4.69, 9.17) is 5.73 Å². The molecule has 47 valence electrons. The van der Waals surface area contributed by atoms with Crippen LogP contribution in [0.5, 0.6) is 0 Å². The van der Waals surface area contributed by atoms with E-state index < -0.39 is 11.6 Å². The van der Waals surface area contributed by atoms with Crippen LogP contribution in [0.25, 0.3) is 0 Å². The summed E-state index contributed by atoms with van der Waals surface area (Å²) in [6, 6.07) is 2.95. The van der Waals surface area contributed by atoms with Crippen molar-refractivity contribution in [3.8, 4) is 0 Å². The van der Waals surface area contributed by atoms with E-state index in [0.29, 0.717) is 0 Å². The van der Waals surface area contributed by atoms with E-state index in [1.54, 1.807) is 0 Å². The highest BCUT2D eigenvalue weighted by atomic mass is 19.2. The first kappa shape index (κ1) is 6.01. The summed E-state index contributed by atoms with van der Waals surface area (Å²) < 4.78 is 24.1. The zero-order valence-electron chi connectivity index (χ0n) is 4.49. The van der Waals surface area contributed by atoms with Gasteiger partial charge in [0.15, 0.2) is 11.6 Å². The first-order valence-electron chi connectivity index (χ1n) is 2.37. The molecule has 1 N–H and O–H groups in total. The maximum Gasteiger partial charge on any atom is 0.160 e. The van der Waals surface area contributed by atoms with Gasteiger partial charge >= 0.3 is 0 Å².